The molecule has 25 heavy (non-hydrogen) atoms. The molecule has 0 spiro atoms. The van der Waals surface area contributed by atoms with E-state index < -0.39 is 34.6 Å². The van der Waals surface area contributed by atoms with Crippen molar-refractivity contribution in [3.63, 3.8) is 0 Å². The predicted molar refractivity (Wildman–Crippen MR) is 86.5 cm³/mol. The summed E-state index contributed by atoms with van der Waals surface area (Å²) in [5, 5.41) is 20.7. The average molecular weight is 390 g/mol. The first-order chi connectivity index (χ1) is 10.7. The van der Waals surface area contributed by atoms with Crippen LogP contribution in [0.15, 0.2) is 0 Å². The molecule has 0 aliphatic rings. The first-order valence-corrected chi connectivity index (χ1v) is 8.16. The molecule has 0 saturated heterocycles. The molecule has 7 heteroatoms. The number of hydrogen-bond acceptors (Lipinski definition) is 6. The molecule has 0 amide bonds. The molecule has 0 heterocycles. The van der Waals surface area contributed by atoms with E-state index in [-0.39, 0.29) is 33.3 Å². The molecular weight excluding hydrogens is 360 g/mol. The summed E-state index contributed by atoms with van der Waals surface area (Å²) < 4.78 is 0. The van der Waals surface area contributed by atoms with Crippen LogP contribution < -0.4 is 10.2 Å². The molecule has 0 aromatic heterocycles. The molecule has 142 valence electrons. The van der Waals surface area contributed by atoms with Crippen LogP contribution in [0.4, 0.5) is 0 Å². The van der Waals surface area contributed by atoms with Gasteiger partial charge >= 0.3 is 21.7 Å². The molecule has 0 rings (SSSR count). The minimum absolute atomic E-state index is 0. The molecule has 0 aromatic rings. The van der Waals surface area contributed by atoms with Gasteiger partial charge < -0.3 is 19.8 Å². The van der Waals surface area contributed by atoms with E-state index in [4.69, 9.17) is 0 Å². The largest absolute Gasteiger partial charge is 2.00 e. The number of carboxylic acid groups (broad SMARTS) is 2. The zero-order valence-electron chi connectivity index (χ0n) is 16.5. The smallest absolute Gasteiger partial charge is 0.549 e. The summed E-state index contributed by atoms with van der Waals surface area (Å²) in [5.41, 5.74) is -1.11. The first kappa shape index (κ1) is 28.8. The van der Waals surface area contributed by atoms with Crippen molar-refractivity contribution in [2.75, 3.05) is 0 Å². The number of carboxylic acids is 2. The zero-order valence-corrected chi connectivity index (χ0v) is 18.1. The maximum atomic E-state index is 11.4. The Morgan fingerprint density at radius 2 is 0.920 bits per heavy atom. The Balaban J connectivity index is -0.000000372. The van der Waals surface area contributed by atoms with Crippen LogP contribution in [0.2, 0.25) is 0 Å². The van der Waals surface area contributed by atoms with Crippen LogP contribution in [-0.4, -0.2) is 23.5 Å². The van der Waals surface area contributed by atoms with Crippen molar-refractivity contribution in [3.8, 4) is 0 Å². The third-order valence-corrected chi connectivity index (χ3v) is 4.60. The Morgan fingerprint density at radius 3 is 1.04 bits per heavy atom. The number of hydrogen-bond donors (Lipinski definition) is 0. The first-order valence-electron chi connectivity index (χ1n) is 8.16. The van der Waals surface area contributed by atoms with E-state index in [0.717, 1.165) is 0 Å². The molecule has 0 N–H and O–H groups in total. The number of aliphatic carboxylic acids is 2. The van der Waals surface area contributed by atoms with E-state index in [9.17, 15) is 29.4 Å². The van der Waals surface area contributed by atoms with Crippen LogP contribution in [0.25, 0.3) is 0 Å². The second-order valence-corrected chi connectivity index (χ2v) is 7.28. The summed E-state index contributed by atoms with van der Waals surface area (Å²) >= 11 is 0. The predicted octanol–water partition coefficient (Wildman–Crippen LogP) is 0.753. The van der Waals surface area contributed by atoms with Crippen LogP contribution in [0.3, 0.4) is 0 Å². The molecule has 0 fully saturated rings. The summed E-state index contributed by atoms with van der Waals surface area (Å²) in [4.78, 5) is 43.6. The van der Waals surface area contributed by atoms with E-state index >= 15 is 0 Å². The second-order valence-electron chi connectivity index (χ2n) is 7.28. The van der Waals surface area contributed by atoms with Gasteiger partial charge in [0, 0.05) is 10.8 Å². The third-order valence-electron chi connectivity index (χ3n) is 4.60. The second kappa shape index (κ2) is 11.6. The average Bonchev–Trinajstić information content (AvgIpc) is 2.51. The van der Waals surface area contributed by atoms with Gasteiger partial charge in [-0.3, -0.25) is 9.59 Å². The maximum Gasteiger partial charge on any atom is 2.00 e. The van der Waals surface area contributed by atoms with Gasteiger partial charge in [0.05, 0.1) is 23.8 Å². The number of Topliss-reactive ketones (excluding diaryl/α,β-unsaturated/α-hetero) is 2. The van der Waals surface area contributed by atoms with Crippen LogP contribution in [-0.2, 0) is 40.9 Å². The van der Waals surface area contributed by atoms with Crippen molar-refractivity contribution in [2.45, 2.75) is 68.2 Å². The third kappa shape index (κ3) is 9.31. The van der Waals surface area contributed by atoms with Gasteiger partial charge in [-0.2, -0.15) is 0 Å². The summed E-state index contributed by atoms with van der Waals surface area (Å²) in [6.45, 7) is 13.4. The number of rotatable bonds is 8. The van der Waals surface area contributed by atoms with E-state index in [1.54, 1.807) is 27.7 Å². The number of ketones is 2. The van der Waals surface area contributed by atoms with E-state index in [1.807, 2.05) is 13.8 Å². The van der Waals surface area contributed by atoms with Crippen molar-refractivity contribution >= 4 is 23.5 Å². The van der Waals surface area contributed by atoms with Gasteiger partial charge in [0.25, 0.3) is 0 Å². The number of carbonyl (C=O) groups is 4. The summed E-state index contributed by atoms with van der Waals surface area (Å²) in [7, 11) is 0. The molecule has 2 atom stereocenters. The van der Waals surface area contributed by atoms with Crippen molar-refractivity contribution in [2.24, 2.45) is 22.7 Å². The summed E-state index contributed by atoms with van der Waals surface area (Å²) in [5.74, 6) is -5.10. The fourth-order valence-corrected chi connectivity index (χ4v) is 1.73. The summed E-state index contributed by atoms with van der Waals surface area (Å²) in [6, 6.07) is 0. The quantitative estimate of drug-likeness (QED) is 0.446. The molecule has 0 aromatic carbocycles. The van der Waals surface area contributed by atoms with Crippen LogP contribution in [0.1, 0.15) is 68.2 Å². The van der Waals surface area contributed by atoms with Gasteiger partial charge in [0.2, 0.25) is 0 Å². The maximum absolute atomic E-state index is 11.4. The van der Waals surface area contributed by atoms with Crippen LogP contribution >= 0.6 is 0 Å². The minimum Gasteiger partial charge on any atom is -0.549 e. The Kier molecular flexibility index (Phi) is 13.3. The van der Waals surface area contributed by atoms with Gasteiger partial charge in [-0.1, -0.05) is 55.4 Å². The number of carbonyl (C=O) groups excluding carboxylic acids is 4. The van der Waals surface area contributed by atoms with Gasteiger partial charge in [0.15, 0.2) is 0 Å². The fraction of sp³-hybridized carbons (Fsp3) is 0.778. The molecule has 0 bridgehead atoms. The van der Waals surface area contributed by atoms with E-state index in [0.29, 0.717) is 12.8 Å². The van der Waals surface area contributed by atoms with Gasteiger partial charge in [-0.15, -0.1) is 0 Å². The monoisotopic (exact) mass is 390 g/mol. The minimum atomic E-state index is -1.29. The summed E-state index contributed by atoms with van der Waals surface area (Å²) in [6.07, 6.45) is 1.28. The van der Waals surface area contributed by atoms with E-state index in [1.165, 1.54) is 13.8 Å². The molecule has 0 saturated carbocycles. The zero-order chi connectivity index (χ0) is 19.9. The SMILES string of the molecule is CCC(C)(C)C(=O)C(C)C(=O)[O-].CCC(C)(C)C(=O)C(C)C(=O)[O-].[Ti+2]. The molecular formula is C18H30O6Ti. The topological polar surface area (TPSA) is 114 Å². The molecule has 6 nitrogen and oxygen atoms in total. The fourth-order valence-electron chi connectivity index (χ4n) is 1.73. The Labute approximate surface area is 165 Å². The Morgan fingerprint density at radius 1 is 0.720 bits per heavy atom. The van der Waals surface area contributed by atoms with Crippen molar-refractivity contribution < 1.29 is 51.1 Å². The van der Waals surface area contributed by atoms with Gasteiger partial charge in [-0.05, 0) is 12.8 Å². The van der Waals surface area contributed by atoms with Gasteiger partial charge in [-0.25, -0.2) is 0 Å². The van der Waals surface area contributed by atoms with Gasteiger partial charge in [0.1, 0.15) is 11.6 Å². The van der Waals surface area contributed by atoms with Crippen LogP contribution in [0.5, 0.6) is 0 Å². The van der Waals surface area contributed by atoms with Crippen LogP contribution in [0, 0.1) is 22.7 Å². The molecule has 0 aliphatic carbocycles. The van der Waals surface area contributed by atoms with Crippen molar-refractivity contribution in [1.82, 2.24) is 0 Å². The Hall–Kier alpha value is -1.01. The van der Waals surface area contributed by atoms with Crippen molar-refractivity contribution in [3.05, 3.63) is 0 Å². The molecule has 0 radical (unpaired) electrons. The molecule has 0 aliphatic heterocycles. The Bertz CT molecular complexity index is 438. The molecule has 2 unspecified atom stereocenters. The van der Waals surface area contributed by atoms with Crippen molar-refractivity contribution in [1.29, 1.82) is 0 Å². The standard InChI is InChI=1S/2C9H16O3.Ti/c2*1-5-9(3,4)7(10)6(2)8(11)12;/h2*6H,5H2,1-4H3,(H,11,12);/q;;+2/p-2. The normalized spacial score (nSPS) is 13.4. The van der Waals surface area contributed by atoms with E-state index in [2.05, 4.69) is 0 Å².